The van der Waals surface area contributed by atoms with Gasteiger partial charge in [-0.3, -0.25) is 10.1 Å². The van der Waals surface area contributed by atoms with Crippen LogP contribution in [0.2, 0.25) is 0 Å². The topological polar surface area (TPSA) is 105 Å². The number of carbonyl (C=O) groups is 1. The van der Waals surface area contributed by atoms with Crippen molar-refractivity contribution in [1.29, 1.82) is 0 Å². The van der Waals surface area contributed by atoms with E-state index in [2.05, 4.69) is 22.1 Å². The van der Waals surface area contributed by atoms with Crippen LogP contribution in [-0.4, -0.2) is 27.7 Å². The SMILES string of the molecule is Cc1nc(C#CCNC(=O)O)ccc1[N+](=O)[O-]. The number of hydrogen-bond donors (Lipinski definition) is 2. The van der Waals surface area contributed by atoms with Gasteiger partial charge in [0.05, 0.1) is 11.5 Å². The van der Waals surface area contributed by atoms with Crippen molar-refractivity contribution in [3.63, 3.8) is 0 Å². The Labute approximate surface area is 96.6 Å². The van der Waals surface area contributed by atoms with Crippen LogP contribution in [0, 0.1) is 28.9 Å². The van der Waals surface area contributed by atoms with Crippen LogP contribution < -0.4 is 5.32 Å². The van der Waals surface area contributed by atoms with Crippen molar-refractivity contribution < 1.29 is 14.8 Å². The van der Waals surface area contributed by atoms with Gasteiger partial charge in [-0.05, 0) is 18.9 Å². The molecule has 0 saturated heterocycles. The van der Waals surface area contributed by atoms with Crippen LogP contribution in [0.1, 0.15) is 11.4 Å². The minimum Gasteiger partial charge on any atom is -0.465 e. The first-order chi connectivity index (χ1) is 8.00. The molecule has 17 heavy (non-hydrogen) atoms. The van der Waals surface area contributed by atoms with E-state index in [9.17, 15) is 14.9 Å². The first kappa shape index (κ1) is 12.4. The average Bonchev–Trinajstić information content (AvgIpc) is 2.23. The molecule has 0 unspecified atom stereocenters. The van der Waals surface area contributed by atoms with E-state index < -0.39 is 11.0 Å². The molecule has 1 amide bonds. The molecule has 0 atom stereocenters. The highest BCUT2D eigenvalue weighted by molar-refractivity contribution is 5.64. The van der Waals surface area contributed by atoms with Gasteiger partial charge in [0.15, 0.2) is 0 Å². The molecule has 0 saturated carbocycles. The largest absolute Gasteiger partial charge is 0.465 e. The van der Waals surface area contributed by atoms with Crippen LogP contribution in [0.15, 0.2) is 12.1 Å². The van der Waals surface area contributed by atoms with Crippen molar-refractivity contribution in [3.05, 3.63) is 33.6 Å². The molecule has 7 nitrogen and oxygen atoms in total. The van der Waals surface area contributed by atoms with Crippen molar-refractivity contribution in [2.24, 2.45) is 0 Å². The number of rotatable bonds is 2. The molecule has 1 aromatic rings. The summed E-state index contributed by atoms with van der Waals surface area (Å²) in [5.41, 5.74) is 0.562. The Hall–Kier alpha value is -2.62. The van der Waals surface area contributed by atoms with Gasteiger partial charge < -0.3 is 10.4 Å². The van der Waals surface area contributed by atoms with E-state index >= 15 is 0 Å². The van der Waals surface area contributed by atoms with Gasteiger partial charge in [0.1, 0.15) is 11.4 Å². The van der Waals surface area contributed by atoms with Crippen molar-refractivity contribution in [2.45, 2.75) is 6.92 Å². The monoisotopic (exact) mass is 235 g/mol. The van der Waals surface area contributed by atoms with E-state index in [4.69, 9.17) is 5.11 Å². The lowest BCUT2D eigenvalue weighted by molar-refractivity contribution is -0.385. The van der Waals surface area contributed by atoms with Gasteiger partial charge in [0.2, 0.25) is 0 Å². The highest BCUT2D eigenvalue weighted by Crippen LogP contribution is 2.14. The summed E-state index contributed by atoms with van der Waals surface area (Å²) in [5, 5.41) is 20.9. The number of aryl methyl sites for hydroxylation is 1. The summed E-state index contributed by atoms with van der Waals surface area (Å²) in [5.74, 6) is 5.13. The zero-order valence-corrected chi connectivity index (χ0v) is 8.93. The van der Waals surface area contributed by atoms with Crippen molar-refractivity contribution in [3.8, 4) is 11.8 Å². The smallest absolute Gasteiger partial charge is 0.405 e. The fourth-order valence-corrected chi connectivity index (χ4v) is 1.07. The van der Waals surface area contributed by atoms with E-state index in [1.54, 1.807) is 0 Å². The maximum absolute atomic E-state index is 10.5. The quantitative estimate of drug-likeness (QED) is 0.450. The van der Waals surface area contributed by atoms with Crippen LogP contribution in [0.4, 0.5) is 10.5 Å². The van der Waals surface area contributed by atoms with Gasteiger partial charge in [-0.2, -0.15) is 0 Å². The number of pyridine rings is 1. The number of aromatic nitrogens is 1. The molecule has 0 aliphatic rings. The molecular formula is C10H9N3O4. The van der Waals surface area contributed by atoms with E-state index in [0.717, 1.165) is 0 Å². The summed E-state index contributed by atoms with van der Waals surface area (Å²) >= 11 is 0. The Morgan fingerprint density at radius 3 is 2.88 bits per heavy atom. The molecule has 88 valence electrons. The summed E-state index contributed by atoms with van der Waals surface area (Å²) in [7, 11) is 0. The molecule has 2 N–H and O–H groups in total. The predicted molar refractivity (Wildman–Crippen MR) is 58.5 cm³/mol. The average molecular weight is 235 g/mol. The maximum Gasteiger partial charge on any atom is 0.405 e. The molecule has 0 aliphatic heterocycles. The summed E-state index contributed by atoms with van der Waals surface area (Å²) in [6.45, 7) is 1.49. The highest BCUT2D eigenvalue weighted by atomic mass is 16.6. The van der Waals surface area contributed by atoms with E-state index in [-0.39, 0.29) is 17.9 Å². The van der Waals surface area contributed by atoms with Gasteiger partial charge >= 0.3 is 6.09 Å². The van der Waals surface area contributed by atoms with Gasteiger partial charge in [-0.25, -0.2) is 9.78 Å². The number of carboxylic acid groups (broad SMARTS) is 1. The minimum atomic E-state index is -1.16. The second kappa shape index (κ2) is 5.46. The summed E-state index contributed by atoms with van der Waals surface area (Å²) in [6.07, 6.45) is -1.16. The Morgan fingerprint density at radius 1 is 1.65 bits per heavy atom. The van der Waals surface area contributed by atoms with Gasteiger partial charge in [0.25, 0.3) is 5.69 Å². The Kier molecular flexibility index (Phi) is 4.00. The van der Waals surface area contributed by atoms with Gasteiger partial charge in [0, 0.05) is 6.07 Å². The number of amides is 1. The molecule has 0 spiro atoms. The van der Waals surface area contributed by atoms with E-state index in [1.807, 2.05) is 0 Å². The zero-order valence-electron chi connectivity index (χ0n) is 8.93. The first-order valence-electron chi connectivity index (χ1n) is 4.58. The maximum atomic E-state index is 10.5. The van der Waals surface area contributed by atoms with E-state index in [0.29, 0.717) is 5.69 Å². The second-order valence-electron chi connectivity index (χ2n) is 3.02. The van der Waals surface area contributed by atoms with Gasteiger partial charge in [-0.15, -0.1) is 0 Å². The van der Waals surface area contributed by atoms with Crippen molar-refractivity contribution in [1.82, 2.24) is 10.3 Å². The fraction of sp³-hybridized carbons (Fsp3) is 0.200. The lowest BCUT2D eigenvalue weighted by atomic mass is 10.2. The fourth-order valence-electron chi connectivity index (χ4n) is 1.07. The molecule has 0 radical (unpaired) electrons. The number of hydrogen-bond acceptors (Lipinski definition) is 4. The van der Waals surface area contributed by atoms with Crippen LogP contribution in [0.5, 0.6) is 0 Å². The van der Waals surface area contributed by atoms with Gasteiger partial charge in [-0.1, -0.05) is 5.92 Å². The molecule has 0 fully saturated rings. The molecule has 1 aromatic heterocycles. The third-order valence-corrected chi connectivity index (χ3v) is 1.80. The third kappa shape index (κ3) is 3.79. The second-order valence-corrected chi connectivity index (χ2v) is 3.02. The van der Waals surface area contributed by atoms with Crippen LogP contribution in [-0.2, 0) is 0 Å². The lowest BCUT2D eigenvalue weighted by Gasteiger charge is -1.96. The number of nitrogens with zero attached hydrogens (tertiary/aromatic N) is 2. The molecular weight excluding hydrogens is 226 g/mol. The summed E-state index contributed by atoms with van der Waals surface area (Å²) in [4.78, 5) is 24.0. The van der Waals surface area contributed by atoms with Crippen molar-refractivity contribution in [2.75, 3.05) is 6.54 Å². The Bertz CT molecular complexity index is 516. The first-order valence-corrected chi connectivity index (χ1v) is 4.58. The normalized spacial score (nSPS) is 9.00. The summed E-state index contributed by atoms with van der Waals surface area (Å²) in [6, 6.07) is 2.73. The lowest BCUT2D eigenvalue weighted by Crippen LogP contribution is -2.20. The molecule has 0 aromatic carbocycles. The number of nitro groups is 1. The molecule has 1 rings (SSSR count). The Balaban J connectivity index is 2.77. The molecule has 7 heteroatoms. The van der Waals surface area contributed by atoms with Crippen LogP contribution >= 0.6 is 0 Å². The highest BCUT2D eigenvalue weighted by Gasteiger charge is 2.10. The number of nitrogens with one attached hydrogen (secondary N) is 1. The van der Waals surface area contributed by atoms with Crippen LogP contribution in [0.3, 0.4) is 0 Å². The van der Waals surface area contributed by atoms with E-state index in [1.165, 1.54) is 19.1 Å². The Morgan fingerprint density at radius 2 is 2.35 bits per heavy atom. The standard InChI is InChI=1S/C10H9N3O4/c1-7-9(13(16)17)5-4-8(12-7)3-2-6-11-10(14)15/h4-5,11H,6H2,1H3,(H,14,15). The molecule has 1 heterocycles. The minimum absolute atomic E-state index is 0.0208. The van der Waals surface area contributed by atoms with Crippen molar-refractivity contribution >= 4 is 11.8 Å². The van der Waals surface area contributed by atoms with Crippen LogP contribution in [0.25, 0.3) is 0 Å². The molecule has 0 bridgehead atoms. The third-order valence-electron chi connectivity index (χ3n) is 1.80. The predicted octanol–water partition coefficient (Wildman–Crippen LogP) is 0.917. The molecule has 0 aliphatic carbocycles. The zero-order chi connectivity index (χ0) is 12.8. The summed E-state index contributed by atoms with van der Waals surface area (Å²) < 4.78 is 0.